The summed E-state index contributed by atoms with van der Waals surface area (Å²) in [5.41, 5.74) is 1.53. The molecule has 10 nitrogen and oxygen atoms in total. The van der Waals surface area contributed by atoms with Gasteiger partial charge in [-0.3, -0.25) is 14.4 Å². The number of nitrogens with zero attached hydrogens (tertiary/aromatic N) is 5. The van der Waals surface area contributed by atoms with Crippen molar-refractivity contribution in [3.63, 3.8) is 0 Å². The Labute approximate surface area is 237 Å². The van der Waals surface area contributed by atoms with Crippen molar-refractivity contribution in [2.75, 3.05) is 19.8 Å². The number of aliphatic hydroxyl groups excluding tert-OH is 1. The fraction of sp³-hybridized carbons (Fsp3) is 0.552. The third-order valence-corrected chi connectivity index (χ3v) is 10.4. The number of para-hydroxylation sites is 1. The number of aliphatic hydroxyl groups is 1. The Balaban J connectivity index is 1.46. The Hall–Kier alpha value is -3.18. The summed E-state index contributed by atoms with van der Waals surface area (Å²) >= 11 is 1.51. The number of rotatable bonds is 6. The molecule has 1 spiro atoms. The molecule has 6 rings (SSSR count). The first-order chi connectivity index (χ1) is 19.2. The van der Waals surface area contributed by atoms with E-state index >= 15 is 0 Å². The van der Waals surface area contributed by atoms with E-state index in [1.54, 1.807) is 14.5 Å². The topological polar surface area (TPSA) is 118 Å². The maximum Gasteiger partial charge on any atom is 0.311 e. The second-order valence-electron chi connectivity index (χ2n) is 11.7. The van der Waals surface area contributed by atoms with E-state index in [-0.39, 0.29) is 37.6 Å². The van der Waals surface area contributed by atoms with Crippen LogP contribution >= 0.6 is 11.8 Å². The van der Waals surface area contributed by atoms with Gasteiger partial charge in [-0.15, -0.1) is 16.9 Å². The maximum absolute atomic E-state index is 14.6. The van der Waals surface area contributed by atoms with Crippen LogP contribution in [0, 0.1) is 17.8 Å². The molecule has 5 heterocycles. The molecule has 11 heteroatoms. The molecule has 40 heavy (non-hydrogen) atoms. The van der Waals surface area contributed by atoms with E-state index in [9.17, 15) is 19.5 Å². The highest BCUT2D eigenvalue weighted by molar-refractivity contribution is 8.02. The van der Waals surface area contributed by atoms with Gasteiger partial charge in [0, 0.05) is 11.3 Å². The number of amides is 2. The monoisotopic (exact) mass is 565 g/mol. The normalized spacial score (nSPS) is 32.5. The van der Waals surface area contributed by atoms with Crippen molar-refractivity contribution in [3.05, 3.63) is 48.6 Å². The van der Waals surface area contributed by atoms with Crippen LogP contribution in [0.5, 0.6) is 0 Å². The van der Waals surface area contributed by atoms with Gasteiger partial charge in [-0.05, 0) is 37.8 Å². The number of carbonyl (C=O) groups excluding carboxylic acids is 3. The SMILES string of the molecule is CC(C)C[C@H](CO)N1C(=O)[C@@H]2[C@H]3C(=O)OCCC=C[C@@]3(C)S[C@@]23C=CCN(Cn2nnc4ccccc42)C(=O)C13. The van der Waals surface area contributed by atoms with Gasteiger partial charge in [-0.2, -0.15) is 0 Å². The number of benzene rings is 1. The van der Waals surface area contributed by atoms with E-state index in [0.717, 1.165) is 11.0 Å². The number of ether oxygens (including phenoxy) is 1. The lowest BCUT2D eigenvalue weighted by atomic mass is 9.74. The van der Waals surface area contributed by atoms with Crippen LogP contribution in [-0.4, -0.2) is 89.0 Å². The van der Waals surface area contributed by atoms with Gasteiger partial charge in [0.2, 0.25) is 11.8 Å². The predicted octanol–water partition coefficient (Wildman–Crippen LogP) is 2.38. The summed E-state index contributed by atoms with van der Waals surface area (Å²) in [5.74, 6) is -2.28. The van der Waals surface area contributed by atoms with Crippen LogP contribution in [0.4, 0.5) is 0 Å². The molecule has 6 atom stereocenters. The van der Waals surface area contributed by atoms with E-state index in [1.165, 1.54) is 11.8 Å². The van der Waals surface area contributed by atoms with Crippen molar-refractivity contribution in [3.8, 4) is 0 Å². The molecule has 1 unspecified atom stereocenters. The number of fused-ring (bicyclic) bond motifs is 3. The van der Waals surface area contributed by atoms with Crippen molar-refractivity contribution in [1.29, 1.82) is 0 Å². The quantitative estimate of drug-likeness (QED) is 0.419. The molecule has 0 radical (unpaired) electrons. The molecule has 4 aliphatic heterocycles. The van der Waals surface area contributed by atoms with Crippen LogP contribution in [0.3, 0.4) is 0 Å². The summed E-state index contributed by atoms with van der Waals surface area (Å²) in [6.07, 6.45) is 9.06. The fourth-order valence-corrected chi connectivity index (χ4v) is 9.14. The zero-order valence-corrected chi connectivity index (χ0v) is 23.8. The number of hydrogen-bond donors (Lipinski definition) is 1. The number of carbonyl (C=O) groups is 3. The van der Waals surface area contributed by atoms with Crippen molar-refractivity contribution in [2.24, 2.45) is 17.8 Å². The van der Waals surface area contributed by atoms with Crippen molar-refractivity contribution < 1.29 is 24.2 Å². The van der Waals surface area contributed by atoms with Crippen molar-refractivity contribution in [1.82, 2.24) is 24.8 Å². The molecule has 2 aromatic rings. The number of esters is 1. The van der Waals surface area contributed by atoms with Gasteiger partial charge < -0.3 is 19.6 Å². The van der Waals surface area contributed by atoms with E-state index in [1.807, 2.05) is 69.3 Å². The van der Waals surface area contributed by atoms with E-state index in [2.05, 4.69) is 10.3 Å². The highest BCUT2D eigenvalue weighted by Gasteiger charge is 2.74. The minimum absolute atomic E-state index is 0.157. The maximum atomic E-state index is 14.6. The van der Waals surface area contributed by atoms with Gasteiger partial charge in [0.25, 0.3) is 0 Å². The Morgan fingerprint density at radius 1 is 1.12 bits per heavy atom. The summed E-state index contributed by atoms with van der Waals surface area (Å²) in [6.45, 7) is 6.48. The predicted molar refractivity (Wildman–Crippen MR) is 150 cm³/mol. The minimum Gasteiger partial charge on any atom is -0.465 e. The number of hydrogen-bond acceptors (Lipinski definition) is 8. The van der Waals surface area contributed by atoms with E-state index < -0.39 is 39.4 Å². The van der Waals surface area contributed by atoms with E-state index in [4.69, 9.17) is 4.74 Å². The van der Waals surface area contributed by atoms with Crippen molar-refractivity contribution in [2.45, 2.75) is 61.9 Å². The standard InChI is InChI=1S/C29H35N5O5S/c1-18(2)15-19(16-35)34-24-26(37)32(17-33-21-10-5-4-9-20(21)30-31-33)13-8-12-29(24)22(25(34)36)23-27(38)39-14-7-6-11-28(23,3)40-29/h4-6,8-12,18-19,22-24,35H,7,13-17H2,1-3H3/t19-,22+,23+,24?,28-,29+/m1/s1. The molecule has 1 aromatic heterocycles. The van der Waals surface area contributed by atoms with Crippen LogP contribution in [0.2, 0.25) is 0 Å². The molecule has 1 aromatic carbocycles. The molecule has 1 N–H and O–H groups in total. The molecule has 0 aliphatic carbocycles. The Bertz CT molecular complexity index is 1410. The highest BCUT2D eigenvalue weighted by Crippen LogP contribution is 2.65. The number of aromatic nitrogens is 3. The van der Waals surface area contributed by atoms with Gasteiger partial charge in [-0.25, -0.2) is 4.68 Å². The van der Waals surface area contributed by atoms with Crippen molar-refractivity contribution >= 4 is 40.6 Å². The number of thioether (sulfide) groups is 1. The Morgan fingerprint density at radius 2 is 1.93 bits per heavy atom. The molecule has 0 bridgehead atoms. The van der Waals surface area contributed by atoms with Crippen LogP contribution in [0.15, 0.2) is 48.6 Å². The zero-order valence-electron chi connectivity index (χ0n) is 23.0. The molecule has 2 saturated heterocycles. The average molecular weight is 566 g/mol. The molecule has 2 amide bonds. The Morgan fingerprint density at radius 3 is 2.70 bits per heavy atom. The summed E-state index contributed by atoms with van der Waals surface area (Å²) < 4.78 is 5.58. The van der Waals surface area contributed by atoms with Gasteiger partial charge in [0.05, 0.1) is 41.4 Å². The molecule has 2 fully saturated rings. The molecular weight excluding hydrogens is 530 g/mol. The first-order valence-electron chi connectivity index (χ1n) is 13.9. The lowest BCUT2D eigenvalue weighted by molar-refractivity contribution is -0.155. The highest BCUT2D eigenvalue weighted by atomic mass is 32.2. The molecular formula is C29H35N5O5S. The smallest absolute Gasteiger partial charge is 0.311 e. The second-order valence-corrected chi connectivity index (χ2v) is 13.5. The van der Waals surface area contributed by atoms with Gasteiger partial charge in [0.1, 0.15) is 18.2 Å². The third-order valence-electron chi connectivity index (χ3n) is 8.61. The second kappa shape index (κ2) is 10.0. The number of cyclic esters (lactones) is 1. The molecule has 4 aliphatic rings. The Kier molecular flexibility index (Phi) is 6.77. The van der Waals surface area contributed by atoms with Gasteiger partial charge in [0.15, 0.2) is 0 Å². The summed E-state index contributed by atoms with van der Waals surface area (Å²) in [4.78, 5) is 45.8. The summed E-state index contributed by atoms with van der Waals surface area (Å²) in [6, 6.07) is 6.10. The lowest BCUT2D eigenvalue weighted by Gasteiger charge is -2.40. The summed E-state index contributed by atoms with van der Waals surface area (Å²) in [7, 11) is 0. The molecule has 0 saturated carbocycles. The largest absolute Gasteiger partial charge is 0.465 e. The van der Waals surface area contributed by atoms with Crippen LogP contribution in [-0.2, 0) is 25.8 Å². The van der Waals surface area contributed by atoms with Gasteiger partial charge >= 0.3 is 5.97 Å². The third kappa shape index (κ3) is 4.08. The first kappa shape index (κ1) is 27.0. The first-order valence-corrected chi connectivity index (χ1v) is 14.7. The van der Waals surface area contributed by atoms with Crippen LogP contribution in [0.1, 0.15) is 33.6 Å². The van der Waals surface area contributed by atoms with Crippen LogP contribution in [0.25, 0.3) is 11.0 Å². The minimum atomic E-state index is -0.995. The van der Waals surface area contributed by atoms with Gasteiger partial charge in [-0.1, -0.05) is 55.5 Å². The average Bonchev–Trinajstić information content (AvgIpc) is 3.48. The lowest BCUT2D eigenvalue weighted by Crippen LogP contribution is -2.57. The summed E-state index contributed by atoms with van der Waals surface area (Å²) in [5, 5.41) is 19.0. The zero-order chi connectivity index (χ0) is 28.2. The van der Waals surface area contributed by atoms with Crippen LogP contribution < -0.4 is 0 Å². The van der Waals surface area contributed by atoms with E-state index in [0.29, 0.717) is 19.4 Å². The fourth-order valence-electron chi connectivity index (χ4n) is 7.00. The number of likely N-dealkylation sites (tertiary alicyclic amines) is 1. The molecule has 212 valence electrons.